The molecule has 1 aromatic rings. The molecule has 3 aliphatic heterocycles. The van der Waals surface area contributed by atoms with Crippen LogP contribution in [0, 0.1) is 11.8 Å². The Morgan fingerprint density at radius 3 is 2.30 bits per heavy atom. The average Bonchev–Trinajstić information content (AvgIpc) is 2.69. The maximum absolute atomic E-state index is 12.8. The number of piperidine rings is 2. The summed E-state index contributed by atoms with van der Waals surface area (Å²) in [6, 6.07) is 3.62. The van der Waals surface area contributed by atoms with Gasteiger partial charge in [-0.05, 0) is 62.2 Å². The third-order valence-electron chi connectivity index (χ3n) is 6.00. The van der Waals surface area contributed by atoms with Crippen LogP contribution in [0.1, 0.15) is 31.2 Å². The van der Waals surface area contributed by atoms with E-state index in [9.17, 15) is 4.79 Å². The Balaban J connectivity index is 0.00000210. The van der Waals surface area contributed by atoms with E-state index in [2.05, 4.69) is 5.32 Å². The van der Waals surface area contributed by atoms with E-state index in [1.165, 1.54) is 12.8 Å². The van der Waals surface area contributed by atoms with Crippen molar-refractivity contribution in [1.29, 1.82) is 0 Å². The molecule has 3 heterocycles. The molecule has 1 N–H and O–H groups in total. The topological polar surface area (TPSA) is 50.8 Å². The normalized spacial score (nSPS) is 20.9. The van der Waals surface area contributed by atoms with Gasteiger partial charge in [0.25, 0.3) is 0 Å². The minimum atomic E-state index is 0. The summed E-state index contributed by atoms with van der Waals surface area (Å²) in [6.45, 7) is 5.10. The van der Waals surface area contributed by atoms with Gasteiger partial charge in [0.2, 0.25) is 5.91 Å². The molecule has 0 atom stereocenters. The highest BCUT2D eigenvalue weighted by atomic mass is 35.5. The molecule has 2 saturated heterocycles. The first-order valence-corrected chi connectivity index (χ1v) is 10.1. The SMILES string of the molecule is Cl.O=C(Cc1cc2c(cc1Cl)OCCO2)N1CCC(C2CCNCC2)CC1. The lowest BCUT2D eigenvalue weighted by molar-refractivity contribution is -0.132. The maximum Gasteiger partial charge on any atom is 0.227 e. The quantitative estimate of drug-likeness (QED) is 0.823. The van der Waals surface area contributed by atoms with Gasteiger partial charge in [-0.3, -0.25) is 4.79 Å². The molecule has 27 heavy (non-hydrogen) atoms. The Hall–Kier alpha value is -1.17. The summed E-state index contributed by atoms with van der Waals surface area (Å²) in [5.41, 5.74) is 0.821. The van der Waals surface area contributed by atoms with E-state index in [-0.39, 0.29) is 18.3 Å². The summed E-state index contributed by atoms with van der Waals surface area (Å²) in [5.74, 6) is 3.13. The number of nitrogens with one attached hydrogen (secondary N) is 1. The molecule has 0 saturated carbocycles. The summed E-state index contributed by atoms with van der Waals surface area (Å²) in [7, 11) is 0. The van der Waals surface area contributed by atoms with Crippen molar-refractivity contribution in [1.82, 2.24) is 10.2 Å². The van der Waals surface area contributed by atoms with Crippen molar-refractivity contribution in [3.05, 3.63) is 22.7 Å². The molecule has 1 aromatic carbocycles. The predicted molar refractivity (Wildman–Crippen MR) is 108 cm³/mol. The van der Waals surface area contributed by atoms with Crippen molar-refractivity contribution in [3.63, 3.8) is 0 Å². The highest BCUT2D eigenvalue weighted by Crippen LogP contribution is 2.36. The van der Waals surface area contributed by atoms with Crippen LogP contribution >= 0.6 is 24.0 Å². The van der Waals surface area contributed by atoms with Gasteiger partial charge in [0.05, 0.1) is 6.42 Å². The van der Waals surface area contributed by atoms with Gasteiger partial charge in [-0.15, -0.1) is 12.4 Å². The van der Waals surface area contributed by atoms with Crippen LogP contribution in [0.5, 0.6) is 11.5 Å². The third-order valence-corrected chi connectivity index (χ3v) is 6.35. The molecule has 3 aliphatic rings. The molecular weight excluding hydrogens is 387 g/mol. The first-order valence-electron chi connectivity index (χ1n) is 9.77. The van der Waals surface area contributed by atoms with Crippen LogP contribution in [0.15, 0.2) is 12.1 Å². The average molecular weight is 415 g/mol. The Kier molecular flexibility index (Phi) is 7.12. The number of rotatable bonds is 3. The summed E-state index contributed by atoms with van der Waals surface area (Å²) in [5, 5.41) is 4.01. The van der Waals surface area contributed by atoms with Crippen molar-refractivity contribution in [3.8, 4) is 11.5 Å². The molecule has 0 radical (unpaired) electrons. The maximum atomic E-state index is 12.8. The van der Waals surface area contributed by atoms with Crippen molar-refractivity contribution in [2.45, 2.75) is 32.1 Å². The number of benzene rings is 1. The monoisotopic (exact) mass is 414 g/mol. The standard InChI is InChI=1S/C20H27ClN2O3.ClH/c21-17-13-19-18(25-9-10-26-19)11-16(17)12-20(24)23-7-3-15(4-8-23)14-1-5-22-6-2-14;/h11,13-15,22H,1-10,12H2;1H. The number of fused-ring (bicyclic) bond motifs is 1. The van der Waals surface area contributed by atoms with Crippen molar-refractivity contribution >= 4 is 29.9 Å². The second kappa shape index (κ2) is 9.35. The lowest BCUT2D eigenvalue weighted by atomic mass is 9.79. The zero-order valence-corrected chi connectivity index (χ0v) is 17.1. The summed E-state index contributed by atoms with van der Waals surface area (Å²) in [6.07, 6.45) is 5.15. The van der Waals surface area contributed by atoms with E-state index >= 15 is 0 Å². The van der Waals surface area contributed by atoms with Gasteiger partial charge in [-0.2, -0.15) is 0 Å². The van der Waals surface area contributed by atoms with Gasteiger partial charge in [-0.25, -0.2) is 0 Å². The zero-order chi connectivity index (χ0) is 17.9. The molecule has 1 amide bonds. The van der Waals surface area contributed by atoms with Crippen molar-refractivity contribution in [2.24, 2.45) is 11.8 Å². The first kappa shape index (κ1) is 20.6. The van der Waals surface area contributed by atoms with Gasteiger partial charge in [0.15, 0.2) is 11.5 Å². The number of hydrogen-bond acceptors (Lipinski definition) is 4. The fourth-order valence-electron chi connectivity index (χ4n) is 4.45. The van der Waals surface area contributed by atoms with Crippen LogP contribution < -0.4 is 14.8 Å². The Labute approximate surface area is 172 Å². The van der Waals surface area contributed by atoms with Gasteiger partial charge >= 0.3 is 0 Å². The second-order valence-electron chi connectivity index (χ2n) is 7.57. The second-order valence-corrected chi connectivity index (χ2v) is 7.98. The number of ether oxygens (including phenoxy) is 2. The molecule has 0 bridgehead atoms. The van der Waals surface area contributed by atoms with Crippen molar-refractivity contribution in [2.75, 3.05) is 39.4 Å². The van der Waals surface area contributed by atoms with Crippen LogP contribution in [0.4, 0.5) is 0 Å². The van der Waals surface area contributed by atoms with E-state index in [4.69, 9.17) is 21.1 Å². The van der Waals surface area contributed by atoms with Crippen LogP contribution in [-0.4, -0.2) is 50.2 Å². The van der Waals surface area contributed by atoms with E-state index in [1.54, 1.807) is 6.07 Å². The highest BCUT2D eigenvalue weighted by molar-refractivity contribution is 6.31. The minimum absolute atomic E-state index is 0. The summed E-state index contributed by atoms with van der Waals surface area (Å²) in [4.78, 5) is 14.8. The van der Waals surface area contributed by atoms with E-state index in [0.29, 0.717) is 36.2 Å². The smallest absolute Gasteiger partial charge is 0.227 e. The van der Waals surface area contributed by atoms with Gasteiger partial charge in [-0.1, -0.05) is 11.6 Å². The zero-order valence-electron chi connectivity index (χ0n) is 15.5. The van der Waals surface area contributed by atoms with Crippen LogP contribution in [-0.2, 0) is 11.2 Å². The molecular formula is C20H28Cl2N2O3. The lowest BCUT2D eigenvalue weighted by Crippen LogP contribution is -2.42. The molecule has 7 heteroatoms. The fraction of sp³-hybridized carbons (Fsp3) is 0.650. The van der Waals surface area contributed by atoms with E-state index in [1.807, 2.05) is 11.0 Å². The molecule has 0 aliphatic carbocycles. The van der Waals surface area contributed by atoms with Crippen LogP contribution in [0.2, 0.25) is 5.02 Å². The van der Waals surface area contributed by atoms with Crippen LogP contribution in [0.25, 0.3) is 0 Å². The molecule has 4 rings (SSSR count). The third kappa shape index (κ3) is 4.82. The number of carbonyl (C=O) groups is 1. The number of hydrogen-bond donors (Lipinski definition) is 1. The van der Waals surface area contributed by atoms with Crippen molar-refractivity contribution < 1.29 is 14.3 Å². The number of likely N-dealkylation sites (tertiary alicyclic amines) is 1. The van der Waals surface area contributed by atoms with E-state index in [0.717, 1.165) is 56.4 Å². The van der Waals surface area contributed by atoms with E-state index < -0.39 is 0 Å². The minimum Gasteiger partial charge on any atom is -0.486 e. The summed E-state index contributed by atoms with van der Waals surface area (Å²) >= 11 is 6.36. The molecule has 0 aromatic heterocycles. The summed E-state index contributed by atoms with van der Waals surface area (Å²) < 4.78 is 11.2. The van der Waals surface area contributed by atoms with Gasteiger partial charge in [0.1, 0.15) is 13.2 Å². The highest BCUT2D eigenvalue weighted by Gasteiger charge is 2.29. The number of nitrogens with zero attached hydrogens (tertiary/aromatic N) is 1. The molecule has 150 valence electrons. The molecule has 0 unspecified atom stereocenters. The largest absolute Gasteiger partial charge is 0.486 e. The first-order chi connectivity index (χ1) is 12.7. The number of halogens is 2. The Morgan fingerprint density at radius 2 is 1.63 bits per heavy atom. The number of carbonyl (C=O) groups excluding carboxylic acids is 1. The van der Waals surface area contributed by atoms with Gasteiger partial charge < -0.3 is 19.7 Å². The van der Waals surface area contributed by atoms with Crippen LogP contribution in [0.3, 0.4) is 0 Å². The fourth-order valence-corrected chi connectivity index (χ4v) is 4.67. The predicted octanol–water partition coefficient (Wildman–Crippen LogP) is 3.31. The van der Waals surface area contributed by atoms with Gasteiger partial charge in [0, 0.05) is 24.2 Å². The number of amides is 1. The molecule has 2 fully saturated rings. The Morgan fingerprint density at radius 1 is 1.04 bits per heavy atom. The Bertz CT molecular complexity index is 657. The molecule has 5 nitrogen and oxygen atoms in total. The molecule has 0 spiro atoms. The lowest BCUT2D eigenvalue weighted by Gasteiger charge is -2.38.